The summed E-state index contributed by atoms with van der Waals surface area (Å²) in [6.07, 6.45) is 1.86. The average Bonchev–Trinajstić information content (AvgIpc) is 2.63. The lowest BCUT2D eigenvalue weighted by molar-refractivity contribution is 0.000104. The van der Waals surface area contributed by atoms with Crippen molar-refractivity contribution in [2.45, 2.75) is 12.1 Å². The van der Waals surface area contributed by atoms with Gasteiger partial charge < -0.3 is 4.74 Å². The van der Waals surface area contributed by atoms with E-state index in [-0.39, 0.29) is 12.1 Å². The molecule has 0 saturated carbocycles. The number of pyridine rings is 1. The number of likely N-dealkylation sites (tertiary alicyclic amines) is 1. The molecule has 3 nitrogen and oxygen atoms in total. The van der Waals surface area contributed by atoms with Gasteiger partial charge in [0.25, 0.3) is 0 Å². The van der Waals surface area contributed by atoms with E-state index >= 15 is 0 Å². The number of hydrogen-bond donors (Lipinski definition) is 0. The van der Waals surface area contributed by atoms with E-state index in [1.807, 2.05) is 6.07 Å². The van der Waals surface area contributed by atoms with Crippen molar-refractivity contribution in [1.29, 1.82) is 0 Å². The first kappa shape index (κ1) is 16.1. The molecule has 0 bridgehead atoms. The van der Waals surface area contributed by atoms with Crippen molar-refractivity contribution in [2.75, 3.05) is 13.1 Å². The van der Waals surface area contributed by atoms with E-state index in [0.29, 0.717) is 5.15 Å². The molecule has 3 aromatic rings. The minimum Gasteiger partial charge on any atom is -0.486 e. The van der Waals surface area contributed by atoms with Crippen molar-refractivity contribution in [3.8, 4) is 5.75 Å². The zero-order valence-corrected chi connectivity index (χ0v) is 14.5. The summed E-state index contributed by atoms with van der Waals surface area (Å²) in [6, 6.07) is 25.1. The lowest BCUT2D eigenvalue weighted by Gasteiger charge is -2.44. The normalized spacial score (nSPS) is 15.1. The molecule has 126 valence electrons. The molecule has 0 atom stereocenters. The summed E-state index contributed by atoms with van der Waals surface area (Å²) in [5.41, 5.74) is 2.61. The third kappa shape index (κ3) is 3.68. The average molecular weight is 351 g/mol. The molecular formula is C21H19ClN2O. The molecular weight excluding hydrogens is 332 g/mol. The quantitative estimate of drug-likeness (QED) is 0.629. The zero-order valence-electron chi connectivity index (χ0n) is 13.8. The van der Waals surface area contributed by atoms with Crippen molar-refractivity contribution < 1.29 is 4.74 Å². The molecule has 1 aromatic heterocycles. The molecule has 0 radical (unpaired) electrons. The Morgan fingerprint density at radius 1 is 0.880 bits per heavy atom. The van der Waals surface area contributed by atoms with Gasteiger partial charge in [0.2, 0.25) is 0 Å². The fraction of sp³-hybridized carbons (Fsp3) is 0.190. The van der Waals surface area contributed by atoms with Crippen LogP contribution in [0.4, 0.5) is 0 Å². The summed E-state index contributed by atoms with van der Waals surface area (Å²) < 4.78 is 5.99. The Morgan fingerprint density at radius 2 is 1.48 bits per heavy atom. The lowest BCUT2D eigenvalue weighted by atomic mass is 9.94. The SMILES string of the molecule is Clc1ccc(OC2CN(C(c3ccccc3)c3ccccc3)C2)cn1. The van der Waals surface area contributed by atoms with Crippen molar-refractivity contribution in [3.63, 3.8) is 0 Å². The fourth-order valence-corrected chi connectivity index (χ4v) is 3.38. The van der Waals surface area contributed by atoms with Crippen molar-refractivity contribution in [2.24, 2.45) is 0 Å². The third-order valence-corrected chi connectivity index (χ3v) is 4.70. The Hall–Kier alpha value is -2.36. The number of rotatable bonds is 5. The molecule has 1 saturated heterocycles. The second kappa shape index (κ2) is 7.26. The Bertz CT molecular complexity index is 763. The number of aromatic nitrogens is 1. The van der Waals surface area contributed by atoms with Crippen LogP contribution in [-0.4, -0.2) is 29.1 Å². The molecule has 1 aliphatic heterocycles. The van der Waals surface area contributed by atoms with Gasteiger partial charge in [-0.05, 0) is 23.3 Å². The molecule has 0 N–H and O–H groups in total. The number of benzene rings is 2. The Morgan fingerprint density at radius 3 is 2.00 bits per heavy atom. The molecule has 2 aromatic carbocycles. The van der Waals surface area contributed by atoms with Crippen LogP contribution in [0.3, 0.4) is 0 Å². The van der Waals surface area contributed by atoms with E-state index in [9.17, 15) is 0 Å². The first-order chi connectivity index (χ1) is 12.3. The van der Waals surface area contributed by atoms with Gasteiger partial charge in [-0.15, -0.1) is 0 Å². The highest BCUT2D eigenvalue weighted by molar-refractivity contribution is 6.29. The van der Waals surface area contributed by atoms with Crippen LogP contribution in [0.15, 0.2) is 79.0 Å². The predicted molar refractivity (Wildman–Crippen MR) is 100.0 cm³/mol. The van der Waals surface area contributed by atoms with Gasteiger partial charge in [-0.25, -0.2) is 4.98 Å². The largest absolute Gasteiger partial charge is 0.486 e. The van der Waals surface area contributed by atoms with Crippen molar-refractivity contribution in [3.05, 3.63) is 95.3 Å². The standard InChI is InChI=1S/C21H19ClN2O/c22-20-12-11-18(13-23-20)25-19-14-24(15-19)21(16-7-3-1-4-8-16)17-9-5-2-6-10-17/h1-13,19,21H,14-15H2. The van der Waals surface area contributed by atoms with Gasteiger partial charge in [0.1, 0.15) is 17.0 Å². The van der Waals surface area contributed by atoms with Crippen LogP contribution < -0.4 is 4.74 Å². The minimum absolute atomic E-state index is 0.179. The van der Waals surface area contributed by atoms with Gasteiger partial charge in [-0.2, -0.15) is 0 Å². The first-order valence-electron chi connectivity index (χ1n) is 8.42. The summed E-state index contributed by atoms with van der Waals surface area (Å²) in [5.74, 6) is 0.769. The van der Waals surface area contributed by atoms with Gasteiger partial charge in [0, 0.05) is 13.1 Å². The van der Waals surface area contributed by atoms with E-state index in [4.69, 9.17) is 16.3 Å². The monoisotopic (exact) mass is 350 g/mol. The number of nitrogens with zero attached hydrogens (tertiary/aromatic N) is 2. The highest BCUT2D eigenvalue weighted by Gasteiger charge is 2.35. The number of hydrogen-bond acceptors (Lipinski definition) is 3. The van der Waals surface area contributed by atoms with Gasteiger partial charge in [0.05, 0.1) is 12.2 Å². The highest BCUT2D eigenvalue weighted by atomic mass is 35.5. The van der Waals surface area contributed by atoms with E-state index < -0.39 is 0 Å². The molecule has 1 fully saturated rings. The summed E-state index contributed by atoms with van der Waals surface area (Å²) in [5, 5.41) is 0.482. The molecule has 0 amide bonds. The molecule has 4 rings (SSSR count). The van der Waals surface area contributed by atoms with Gasteiger partial charge in [-0.3, -0.25) is 4.90 Å². The van der Waals surface area contributed by atoms with Crippen LogP contribution in [0.2, 0.25) is 5.15 Å². The molecule has 4 heteroatoms. The van der Waals surface area contributed by atoms with E-state index in [1.165, 1.54) is 11.1 Å². The van der Waals surface area contributed by atoms with Crippen molar-refractivity contribution in [1.82, 2.24) is 9.88 Å². The van der Waals surface area contributed by atoms with Gasteiger partial charge in [0.15, 0.2) is 0 Å². The molecule has 0 aliphatic carbocycles. The van der Waals surface area contributed by atoms with Crippen LogP contribution in [0, 0.1) is 0 Å². The molecule has 0 unspecified atom stereocenters. The van der Waals surface area contributed by atoms with Crippen LogP contribution in [0.5, 0.6) is 5.75 Å². The van der Waals surface area contributed by atoms with Crippen LogP contribution >= 0.6 is 11.6 Å². The maximum absolute atomic E-state index is 5.99. The summed E-state index contributed by atoms with van der Waals surface area (Å²) in [7, 11) is 0. The second-order valence-electron chi connectivity index (χ2n) is 6.23. The summed E-state index contributed by atoms with van der Waals surface area (Å²) >= 11 is 5.82. The topological polar surface area (TPSA) is 25.4 Å². The minimum atomic E-state index is 0.179. The maximum atomic E-state index is 5.99. The zero-order chi connectivity index (χ0) is 17.1. The Kier molecular flexibility index (Phi) is 4.68. The second-order valence-corrected chi connectivity index (χ2v) is 6.62. The van der Waals surface area contributed by atoms with Gasteiger partial charge >= 0.3 is 0 Å². The number of ether oxygens (including phenoxy) is 1. The van der Waals surface area contributed by atoms with Gasteiger partial charge in [-0.1, -0.05) is 72.3 Å². The third-order valence-electron chi connectivity index (χ3n) is 4.48. The Balaban J connectivity index is 1.48. The first-order valence-corrected chi connectivity index (χ1v) is 8.79. The highest BCUT2D eigenvalue weighted by Crippen LogP contribution is 2.33. The molecule has 25 heavy (non-hydrogen) atoms. The van der Waals surface area contributed by atoms with Crippen LogP contribution in [0.1, 0.15) is 17.2 Å². The number of halogens is 1. The lowest BCUT2D eigenvalue weighted by Crippen LogP contribution is -2.55. The van der Waals surface area contributed by atoms with E-state index in [1.54, 1.807) is 12.3 Å². The Labute approximate surface area is 152 Å². The van der Waals surface area contributed by atoms with E-state index in [2.05, 4.69) is 70.5 Å². The predicted octanol–water partition coefficient (Wildman–Crippen LogP) is 4.59. The van der Waals surface area contributed by atoms with E-state index in [0.717, 1.165) is 18.8 Å². The van der Waals surface area contributed by atoms with Crippen LogP contribution in [-0.2, 0) is 0 Å². The van der Waals surface area contributed by atoms with Crippen LogP contribution in [0.25, 0.3) is 0 Å². The maximum Gasteiger partial charge on any atom is 0.138 e. The summed E-state index contributed by atoms with van der Waals surface area (Å²) in [6.45, 7) is 1.77. The molecule has 1 aliphatic rings. The summed E-state index contributed by atoms with van der Waals surface area (Å²) in [4.78, 5) is 6.51. The smallest absolute Gasteiger partial charge is 0.138 e. The molecule has 2 heterocycles. The fourth-order valence-electron chi connectivity index (χ4n) is 3.26. The van der Waals surface area contributed by atoms with Crippen molar-refractivity contribution >= 4 is 11.6 Å². The molecule has 0 spiro atoms.